The molecule has 0 radical (unpaired) electrons. The second-order valence-corrected chi connectivity index (χ2v) is 2.42. The van der Waals surface area contributed by atoms with Crippen molar-refractivity contribution in [3.05, 3.63) is 11.9 Å². The van der Waals surface area contributed by atoms with E-state index in [0.717, 1.165) is 4.57 Å². The van der Waals surface area contributed by atoms with Crippen molar-refractivity contribution < 1.29 is 9.59 Å². The summed E-state index contributed by atoms with van der Waals surface area (Å²) in [6, 6.07) is -0.786. The Hall–Kier alpha value is -2.05. The van der Waals surface area contributed by atoms with E-state index in [0.29, 0.717) is 0 Å². The van der Waals surface area contributed by atoms with E-state index in [1.807, 2.05) is 0 Å². The lowest BCUT2D eigenvalue weighted by atomic mass is 10.3. The summed E-state index contributed by atoms with van der Waals surface area (Å²) in [5, 5.41) is 0. The number of amides is 2. The molecule has 0 fully saturated rings. The average Bonchev–Trinajstić information content (AvgIpc) is 2.30. The predicted octanol–water partition coefficient (Wildman–Crippen LogP) is -1.58. The molecule has 1 rings (SSSR count). The van der Waals surface area contributed by atoms with Gasteiger partial charge >= 0.3 is 6.03 Å². The maximum Gasteiger partial charge on any atom is 0.326 e. The molecular formula is C6H9N5O2. The van der Waals surface area contributed by atoms with Crippen LogP contribution >= 0.6 is 0 Å². The van der Waals surface area contributed by atoms with Crippen molar-refractivity contribution in [1.82, 2.24) is 9.55 Å². The molecule has 70 valence electrons. The summed E-state index contributed by atoms with van der Waals surface area (Å²) >= 11 is 0. The third-order valence-corrected chi connectivity index (χ3v) is 1.44. The number of carbonyl (C=O) groups is 2. The third kappa shape index (κ3) is 1.75. The van der Waals surface area contributed by atoms with Crippen LogP contribution in [0.25, 0.3) is 0 Å². The number of hydrogen-bond donors (Lipinski definition) is 3. The van der Waals surface area contributed by atoms with Crippen LogP contribution in [0.15, 0.2) is 6.20 Å². The Morgan fingerprint density at radius 3 is 2.54 bits per heavy atom. The summed E-state index contributed by atoms with van der Waals surface area (Å²) in [7, 11) is 0. The van der Waals surface area contributed by atoms with Gasteiger partial charge in [0.1, 0.15) is 0 Å². The standard InChI is InChI=1S/C6H9N5O2/c7-4(12)1-3-2-10-5(8)11(3)6(9)13/h2H,1H2,(H2,7,12)(H2,8,10)(H2,9,13). The zero-order chi connectivity index (χ0) is 10.0. The Bertz CT molecular complexity index is 356. The minimum Gasteiger partial charge on any atom is -0.369 e. The van der Waals surface area contributed by atoms with Crippen LogP contribution in [-0.2, 0) is 11.2 Å². The van der Waals surface area contributed by atoms with Gasteiger partial charge in [0, 0.05) is 0 Å². The number of nitrogens with zero attached hydrogens (tertiary/aromatic N) is 2. The van der Waals surface area contributed by atoms with Crippen LogP contribution in [0.1, 0.15) is 5.69 Å². The number of rotatable bonds is 2. The summed E-state index contributed by atoms with van der Waals surface area (Å²) in [5.41, 5.74) is 15.5. The molecule has 0 saturated carbocycles. The van der Waals surface area contributed by atoms with Gasteiger partial charge in [0.05, 0.1) is 18.3 Å². The molecule has 1 aromatic rings. The summed E-state index contributed by atoms with van der Waals surface area (Å²) in [6.07, 6.45) is 1.16. The van der Waals surface area contributed by atoms with Gasteiger partial charge in [-0.3, -0.25) is 4.79 Å². The summed E-state index contributed by atoms with van der Waals surface area (Å²) in [4.78, 5) is 25.0. The van der Waals surface area contributed by atoms with Gasteiger partial charge in [-0.05, 0) is 0 Å². The summed E-state index contributed by atoms with van der Waals surface area (Å²) < 4.78 is 0.935. The Kier molecular flexibility index (Phi) is 2.18. The molecule has 7 nitrogen and oxygen atoms in total. The lowest BCUT2D eigenvalue weighted by Gasteiger charge is -2.02. The fraction of sp³-hybridized carbons (Fsp3) is 0.167. The first-order valence-corrected chi connectivity index (χ1v) is 3.42. The van der Waals surface area contributed by atoms with Gasteiger partial charge in [-0.25, -0.2) is 14.3 Å². The highest BCUT2D eigenvalue weighted by molar-refractivity contribution is 5.82. The molecule has 0 saturated heterocycles. The van der Waals surface area contributed by atoms with Gasteiger partial charge in [-0.15, -0.1) is 0 Å². The van der Waals surface area contributed by atoms with Gasteiger partial charge in [-0.2, -0.15) is 0 Å². The van der Waals surface area contributed by atoms with E-state index >= 15 is 0 Å². The van der Waals surface area contributed by atoms with Crippen molar-refractivity contribution in [2.24, 2.45) is 11.5 Å². The van der Waals surface area contributed by atoms with E-state index in [9.17, 15) is 9.59 Å². The molecule has 0 atom stereocenters. The Labute approximate surface area is 73.5 Å². The van der Waals surface area contributed by atoms with Crippen LogP contribution in [0, 0.1) is 0 Å². The quantitative estimate of drug-likeness (QED) is 0.510. The zero-order valence-electron chi connectivity index (χ0n) is 6.73. The number of carbonyl (C=O) groups excluding carboxylic acids is 2. The van der Waals surface area contributed by atoms with E-state index in [4.69, 9.17) is 17.2 Å². The van der Waals surface area contributed by atoms with Crippen molar-refractivity contribution in [2.45, 2.75) is 6.42 Å². The van der Waals surface area contributed by atoms with E-state index in [1.165, 1.54) is 6.20 Å². The van der Waals surface area contributed by atoms with Crippen LogP contribution in [-0.4, -0.2) is 21.5 Å². The molecule has 2 amide bonds. The minimum atomic E-state index is -0.786. The fourth-order valence-electron chi connectivity index (χ4n) is 0.961. The zero-order valence-corrected chi connectivity index (χ0v) is 6.73. The molecule has 7 heteroatoms. The van der Waals surface area contributed by atoms with Crippen LogP contribution in [0.4, 0.5) is 10.7 Å². The highest BCUT2D eigenvalue weighted by Crippen LogP contribution is 2.06. The SMILES string of the molecule is NC(=O)Cc1cnc(N)n1C(N)=O. The van der Waals surface area contributed by atoms with Crippen molar-refractivity contribution in [3.63, 3.8) is 0 Å². The van der Waals surface area contributed by atoms with Gasteiger partial charge in [0.25, 0.3) is 0 Å². The number of anilines is 1. The number of imidazole rings is 1. The summed E-state index contributed by atoms with van der Waals surface area (Å²) in [6.45, 7) is 0. The maximum atomic E-state index is 10.8. The third-order valence-electron chi connectivity index (χ3n) is 1.44. The fourth-order valence-corrected chi connectivity index (χ4v) is 0.961. The minimum absolute atomic E-state index is 0.0521. The van der Waals surface area contributed by atoms with Crippen molar-refractivity contribution >= 4 is 17.9 Å². The average molecular weight is 183 g/mol. The van der Waals surface area contributed by atoms with Gasteiger partial charge in [-0.1, -0.05) is 0 Å². The van der Waals surface area contributed by atoms with E-state index in [-0.39, 0.29) is 18.1 Å². The normalized spacial score (nSPS) is 9.85. The number of nitrogen functional groups attached to an aromatic ring is 1. The number of aromatic nitrogens is 2. The lowest BCUT2D eigenvalue weighted by Crippen LogP contribution is -2.25. The van der Waals surface area contributed by atoms with Crippen LogP contribution in [0.3, 0.4) is 0 Å². The Morgan fingerprint density at radius 1 is 1.46 bits per heavy atom. The molecule has 0 aliphatic heterocycles. The highest BCUT2D eigenvalue weighted by Gasteiger charge is 2.12. The Morgan fingerprint density at radius 2 is 2.08 bits per heavy atom. The van der Waals surface area contributed by atoms with Gasteiger partial charge < -0.3 is 17.2 Å². The first kappa shape index (κ1) is 9.04. The second kappa shape index (κ2) is 3.13. The molecule has 0 unspecified atom stereocenters. The first-order chi connectivity index (χ1) is 6.02. The molecule has 0 spiro atoms. The molecule has 1 heterocycles. The number of hydrogen-bond acceptors (Lipinski definition) is 4. The predicted molar refractivity (Wildman–Crippen MR) is 44.5 cm³/mol. The molecule has 13 heavy (non-hydrogen) atoms. The molecule has 1 aromatic heterocycles. The summed E-state index contributed by atoms with van der Waals surface area (Å²) in [5.74, 6) is -0.633. The maximum absolute atomic E-state index is 10.8. The van der Waals surface area contributed by atoms with Crippen molar-refractivity contribution in [1.29, 1.82) is 0 Å². The van der Waals surface area contributed by atoms with E-state index in [2.05, 4.69) is 4.98 Å². The molecule has 0 aliphatic carbocycles. The largest absolute Gasteiger partial charge is 0.369 e. The van der Waals surface area contributed by atoms with Crippen LogP contribution < -0.4 is 17.2 Å². The highest BCUT2D eigenvalue weighted by atomic mass is 16.2. The second-order valence-electron chi connectivity index (χ2n) is 2.42. The van der Waals surface area contributed by atoms with Gasteiger partial charge in [0.15, 0.2) is 0 Å². The number of nitrogens with two attached hydrogens (primary N) is 3. The van der Waals surface area contributed by atoms with Crippen LogP contribution in [0.2, 0.25) is 0 Å². The first-order valence-electron chi connectivity index (χ1n) is 3.42. The van der Waals surface area contributed by atoms with E-state index in [1.54, 1.807) is 0 Å². The van der Waals surface area contributed by atoms with Crippen LogP contribution in [0.5, 0.6) is 0 Å². The van der Waals surface area contributed by atoms with Gasteiger partial charge in [0.2, 0.25) is 11.9 Å². The monoisotopic (exact) mass is 183 g/mol. The number of primary amides is 2. The Balaban J connectivity index is 3.07. The smallest absolute Gasteiger partial charge is 0.326 e. The topological polar surface area (TPSA) is 130 Å². The van der Waals surface area contributed by atoms with E-state index < -0.39 is 11.9 Å². The lowest BCUT2D eigenvalue weighted by molar-refractivity contribution is -0.117. The molecule has 0 aliphatic rings. The molecular weight excluding hydrogens is 174 g/mol. The van der Waals surface area contributed by atoms with Crippen molar-refractivity contribution in [2.75, 3.05) is 5.73 Å². The molecule has 6 N–H and O–H groups in total. The van der Waals surface area contributed by atoms with Crippen molar-refractivity contribution in [3.8, 4) is 0 Å². The molecule has 0 bridgehead atoms. The molecule has 0 aromatic carbocycles.